The third-order valence-electron chi connectivity index (χ3n) is 5.93. The van der Waals surface area contributed by atoms with E-state index in [0.29, 0.717) is 64.0 Å². The predicted octanol–water partition coefficient (Wildman–Crippen LogP) is 6.28. The Morgan fingerprint density at radius 1 is 0.537 bits per heavy atom. The van der Waals surface area contributed by atoms with Gasteiger partial charge in [0, 0.05) is 26.4 Å². The van der Waals surface area contributed by atoms with Gasteiger partial charge >= 0.3 is 11.9 Å². The van der Waals surface area contributed by atoms with E-state index in [0.717, 1.165) is 54.7 Å². The molecule has 0 fully saturated rings. The molecule has 0 heterocycles. The Labute approximate surface area is 244 Å². The highest BCUT2D eigenvalue weighted by Crippen LogP contribution is 2.20. The summed E-state index contributed by atoms with van der Waals surface area (Å²) in [4.78, 5) is 23.5. The van der Waals surface area contributed by atoms with Gasteiger partial charge in [0.1, 0.15) is 11.5 Å². The molecule has 41 heavy (non-hydrogen) atoms. The summed E-state index contributed by atoms with van der Waals surface area (Å²) >= 11 is 0. The van der Waals surface area contributed by atoms with Gasteiger partial charge in [0.2, 0.25) is 0 Å². The van der Waals surface area contributed by atoms with Gasteiger partial charge in [-0.3, -0.25) is 0 Å². The Balaban J connectivity index is 1.39. The Morgan fingerprint density at radius 2 is 0.878 bits per heavy atom. The smallest absolute Gasteiger partial charge is 0.338 e. The van der Waals surface area contributed by atoms with Crippen LogP contribution in [0, 0.1) is 0 Å². The third-order valence-corrected chi connectivity index (χ3v) is 5.93. The maximum atomic E-state index is 11.7. The number of ether oxygens (including phenoxy) is 6. The van der Waals surface area contributed by atoms with Crippen LogP contribution in [0.1, 0.15) is 57.1 Å². The zero-order valence-corrected chi connectivity index (χ0v) is 24.5. The van der Waals surface area contributed by atoms with Crippen LogP contribution in [0.15, 0.2) is 61.7 Å². The summed E-state index contributed by atoms with van der Waals surface area (Å²) in [6.45, 7) is 15.7. The van der Waals surface area contributed by atoms with E-state index < -0.39 is 11.9 Å². The number of carbonyl (C=O) groups is 2. The lowest BCUT2D eigenvalue weighted by Gasteiger charge is -2.09. The van der Waals surface area contributed by atoms with Gasteiger partial charge in [-0.2, -0.15) is 0 Å². The maximum absolute atomic E-state index is 11.7. The Hall–Kier alpha value is -3.62. The largest absolute Gasteiger partial charge is 0.494 e. The number of hydrogen-bond donors (Lipinski definition) is 0. The fraction of sp³-hybridized carbons (Fsp3) is 0.455. The zero-order chi connectivity index (χ0) is 29.7. The molecule has 0 aliphatic rings. The van der Waals surface area contributed by atoms with E-state index in [1.807, 2.05) is 48.5 Å². The van der Waals surface area contributed by atoms with Crippen molar-refractivity contribution in [1.82, 2.24) is 0 Å². The molecule has 0 unspecified atom stereocenters. The van der Waals surface area contributed by atoms with Crippen molar-refractivity contribution in [1.29, 1.82) is 0 Å². The van der Waals surface area contributed by atoms with Crippen molar-refractivity contribution in [3.05, 3.63) is 72.8 Å². The summed E-state index contributed by atoms with van der Waals surface area (Å²) in [5, 5.41) is 0. The number of hydrogen-bond acceptors (Lipinski definition) is 8. The Kier molecular flexibility index (Phi) is 16.6. The lowest BCUT2D eigenvalue weighted by Crippen LogP contribution is -2.06. The number of unbranched alkanes of at least 4 members (excludes halogenated alkanes) is 2. The van der Waals surface area contributed by atoms with Crippen LogP contribution in [-0.2, 0) is 28.5 Å². The summed E-state index contributed by atoms with van der Waals surface area (Å²) in [7, 11) is 0. The fourth-order valence-corrected chi connectivity index (χ4v) is 3.64. The second-order valence-corrected chi connectivity index (χ2v) is 9.14. The molecule has 0 aliphatic heterocycles. The van der Waals surface area contributed by atoms with Gasteiger partial charge < -0.3 is 28.4 Å². The van der Waals surface area contributed by atoms with Crippen LogP contribution >= 0.6 is 0 Å². The summed E-state index contributed by atoms with van der Waals surface area (Å²) in [5.41, 5.74) is 2.13. The number of esters is 2. The molecule has 0 amide bonds. The summed E-state index contributed by atoms with van der Waals surface area (Å²) in [6, 6.07) is 14.6. The predicted molar refractivity (Wildman–Crippen MR) is 160 cm³/mol. The third kappa shape index (κ3) is 13.5. The van der Waals surface area contributed by atoms with Crippen LogP contribution in [0.3, 0.4) is 0 Å². The fourth-order valence-electron chi connectivity index (χ4n) is 3.64. The molecule has 2 rings (SSSR count). The van der Waals surface area contributed by atoms with Crippen LogP contribution in [0.2, 0.25) is 0 Å². The summed E-state index contributed by atoms with van der Waals surface area (Å²) < 4.78 is 32.8. The van der Waals surface area contributed by atoms with E-state index in [9.17, 15) is 9.59 Å². The molecule has 2 aromatic carbocycles. The molecule has 0 N–H and O–H groups in total. The molecule has 0 aromatic heterocycles. The van der Waals surface area contributed by atoms with Gasteiger partial charge in [-0.15, -0.1) is 0 Å². The highest BCUT2D eigenvalue weighted by molar-refractivity contribution is 6.16. The van der Waals surface area contributed by atoms with E-state index in [4.69, 9.17) is 28.4 Å². The summed E-state index contributed by atoms with van der Waals surface area (Å²) in [5.74, 6) is 0.693. The van der Waals surface area contributed by atoms with Crippen LogP contribution < -0.4 is 9.47 Å². The van der Waals surface area contributed by atoms with Crippen LogP contribution in [0.4, 0.5) is 0 Å². The second-order valence-electron chi connectivity index (χ2n) is 9.14. The van der Waals surface area contributed by atoms with E-state index in [-0.39, 0.29) is 0 Å². The van der Waals surface area contributed by atoms with E-state index >= 15 is 0 Å². The van der Waals surface area contributed by atoms with Crippen molar-refractivity contribution in [3.8, 4) is 11.5 Å². The monoisotopic (exact) mass is 568 g/mol. The molecule has 0 spiro atoms. The lowest BCUT2D eigenvalue weighted by atomic mass is 10.1. The first-order valence-corrected chi connectivity index (χ1v) is 14.3. The minimum absolute atomic E-state index is 0.325. The maximum Gasteiger partial charge on any atom is 0.338 e. The lowest BCUT2D eigenvalue weighted by molar-refractivity contribution is -0.136. The zero-order valence-electron chi connectivity index (χ0n) is 24.5. The Bertz CT molecular complexity index is 974. The molecule has 0 radical (unpaired) electrons. The first kappa shape index (κ1) is 33.6. The molecular formula is C33H44O8. The number of rotatable bonds is 22. The average molecular weight is 569 g/mol. The van der Waals surface area contributed by atoms with E-state index in [2.05, 4.69) is 13.2 Å². The van der Waals surface area contributed by atoms with Gasteiger partial charge in [-0.05, 0) is 81.3 Å². The van der Waals surface area contributed by atoms with Gasteiger partial charge in [0.25, 0.3) is 0 Å². The van der Waals surface area contributed by atoms with Gasteiger partial charge in [0.05, 0.1) is 37.6 Å². The van der Waals surface area contributed by atoms with Gasteiger partial charge in [-0.25, -0.2) is 9.59 Å². The highest BCUT2D eigenvalue weighted by atomic mass is 16.5. The molecule has 224 valence electrons. The quantitative estimate of drug-likeness (QED) is 0.0931. The first-order chi connectivity index (χ1) is 20.0. The van der Waals surface area contributed by atoms with Gasteiger partial charge in [0.15, 0.2) is 0 Å². The Morgan fingerprint density at radius 3 is 1.24 bits per heavy atom. The average Bonchev–Trinajstić information content (AvgIpc) is 2.99. The van der Waals surface area contributed by atoms with Crippen molar-refractivity contribution >= 4 is 23.1 Å². The molecule has 0 bridgehead atoms. The summed E-state index contributed by atoms with van der Waals surface area (Å²) in [6.07, 6.45) is 4.48. The van der Waals surface area contributed by atoms with Crippen LogP contribution in [-0.4, -0.2) is 64.8 Å². The minimum Gasteiger partial charge on any atom is -0.494 e. The standard InChI is InChI=1S/C33H44O8/c1-5-38-32(34)26(3)28-12-16-30(17-13-28)40-24-9-7-20-36-22-11-23-37-21-8-10-25-41-31-18-14-29(15-19-31)27(4)33(35)39-6-2/h12-19H,3-11,20-25H2,1-2H3. The molecule has 2 aromatic rings. The molecule has 8 heteroatoms. The van der Waals surface area contributed by atoms with Crippen molar-refractivity contribution in [3.63, 3.8) is 0 Å². The number of benzene rings is 2. The second kappa shape index (κ2) is 20.3. The van der Waals surface area contributed by atoms with Crippen LogP contribution in [0.25, 0.3) is 11.1 Å². The highest BCUT2D eigenvalue weighted by Gasteiger charge is 2.11. The molecule has 0 saturated carbocycles. The molecular weight excluding hydrogens is 524 g/mol. The first-order valence-electron chi connectivity index (χ1n) is 14.3. The van der Waals surface area contributed by atoms with Crippen molar-refractivity contribution < 1.29 is 38.0 Å². The SMILES string of the molecule is C=C(C(=O)OCC)c1ccc(OCCCCOCCCOCCCCOc2ccc(C(=C)C(=O)OCC)cc2)cc1. The van der Waals surface area contributed by atoms with Crippen molar-refractivity contribution in [2.45, 2.75) is 46.0 Å². The molecule has 8 nitrogen and oxygen atoms in total. The topological polar surface area (TPSA) is 89.5 Å². The van der Waals surface area contributed by atoms with E-state index in [1.54, 1.807) is 13.8 Å². The van der Waals surface area contributed by atoms with E-state index in [1.165, 1.54) is 0 Å². The minimum atomic E-state index is -0.407. The van der Waals surface area contributed by atoms with Crippen LogP contribution in [0.5, 0.6) is 11.5 Å². The number of carbonyl (C=O) groups excluding carboxylic acids is 2. The molecule has 0 aliphatic carbocycles. The van der Waals surface area contributed by atoms with Crippen molar-refractivity contribution in [2.24, 2.45) is 0 Å². The normalized spacial score (nSPS) is 10.6. The molecule has 0 saturated heterocycles. The molecule has 0 atom stereocenters. The van der Waals surface area contributed by atoms with Crippen molar-refractivity contribution in [2.75, 3.05) is 52.9 Å². The van der Waals surface area contributed by atoms with Gasteiger partial charge in [-0.1, -0.05) is 37.4 Å².